The Bertz CT molecular complexity index is 547. The van der Waals surface area contributed by atoms with E-state index in [-0.39, 0.29) is 23.0 Å². The molecule has 2 rings (SSSR count). The summed E-state index contributed by atoms with van der Waals surface area (Å²) in [5.41, 5.74) is 1.86. The van der Waals surface area contributed by atoms with Crippen LogP contribution >= 0.6 is 11.8 Å². The van der Waals surface area contributed by atoms with Crippen molar-refractivity contribution >= 4 is 23.4 Å². The summed E-state index contributed by atoms with van der Waals surface area (Å²) in [7, 11) is 2.11. The fourth-order valence-corrected chi connectivity index (χ4v) is 3.01. The Morgan fingerprint density at radius 1 is 1.26 bits per heavy atom. The normalized spacial score (nSPS) is 18.6. The minimum Gasteiger partial charge on any atom is -0.369 e. The maximum Gasteiger partial charge on any atom is 0.233 e. The Morgan fingerprint density at radius 3 is 2.52 bits per heavy atom. The number of hydrogen-bond acceptors (Lipinski definition) is 4. The highest BCUT2D eigenvalue weighted by Crippen LogP contribution is 2.28. The Labute approximate surface area is 142 Å². The average molecular weight is 339 g/mol. The highest BCUT2D eigenvalue weighted by atomic mass is 32.2. The molecular formula is C17H26FN3OS. The summed E-state index contributed by atoms with van der Waals surface area (Å²) in [6, 6.07) is 4.65. The van der Waals surface area contributed by atoms with Gasteiger partial charge in [0.25, 0.3) is 0 Å². The number of rotatable bonds is 5. The van der Waals surface area contributed by atoms with Crippen LogP contribution in [0.3, 0.4) is 0 Å². The van der Waals surface area contributed by atoms with E-state index in [0.29, 0.717) is 0 Å². The number of nitrogens with one attached hydrogen (secondary N) is 1. The number of carbonyl (C=O) groups is 1. The molecule has 128 valence electrons. The maximum absolute atomic E-state index is 13.8. The van der Waals surface area contributed by atoms with Crippen LogP contribution in [-0.4, -0.2) is 55.5 Å². The second-order valence-electron chi connectivity index (χ2n) is 6.10. The topological polar surface area (TPSA) is 35.6 Å². The quantitative estimate of drug-likeness (QED) is 0.894. The van der Waals surface area contributed by atoms with E-state index in [4.69, 9.17) is 0 Å². The van der Waals surface area contributed by atoms with Crippen LogP contribution in [0.25, 0.3) is 0 Å². The molecule has 1 aromatic rings. The predicted molar refractivity (Wildman–Crippen MR) is 95.6 cm³/mol. The largest absolute Gasteiger partial charge is 0.369 e. The van der Waals surface area contributed by atoms with Gasteiger partial charge in [-0.1, -0.05) is 0 Å². The van der Waals surface area contributed by atoms with E-state index in [9.17, 15) is 9.18 Å². The third-order valence-corrected chi connectivity index (χ3v) is 5.30. The van der Waals surface area contributed by atoms with Gasteiger partial charge in [0.1, 0.15) is 5.82 Å². The van der Waals surface area contributed by atoms with E-state index in [0.717, 1.165) is 37.4 Å². The smallest absolute Gasteiger partial charge is 0.233 e. The van der Waals surface area contributed by atoms with Gasteiger partial charge in [-0.25, -0.2) is 4.39 Å². The van der Waals surface area contributed by atoms with Crippen molar-refractivity contribution in [2.45, 2.75) is 25.1 Å². The molecule has 0 bridgehead atoms. The summed E-state index contributed by atoms with van der Waals surface area (Å²) >= 11 is 1.50. The fourth-order valence-electron chi connectivity index (χ4n) is 2.72. The lowest BCUT2D eigenvalue weighted by Gasteiger charge is -2.36. The van der Waals surface area contributed by atoms with E-state index in [1.54, 1.807) is 6.07 Å². The minimum atomic E-state index is -0.267. The van der Waals surface area contributed by atoms with Crippen molar-refractivity contribution in [2.24, 2.45) is 0 Å². The monoisotopic (exact) mass is 339 g/mol. The van der Waals surface area contributed by atoms with Gasteiger partial charge in [-0.3, -0.25) is 4.79 Å². The molecule has 0 radical (unpaired) electrons. The molecule has 1 heterocycles. The zero-order valence-electron chi connectivity index (χ0n) is 14.3. The molecule has 1 amide bonds. The molecule has 23 heavy (non-hydrogen) atoms. The van der Waals surface area contributed by atoms with E-state index in [2.05, 4.69) is 22.2 Å². The molecule has 0 aromatic heterocycles. The Morgan fingerprint density at radius 2 is 1.91 bits per heavy atom. The molecule has 1 aliphatic rings. The number of carbonyl (C=O) groups excluding carboxylic acids is 1. The number of likely N-dealkylation sites (N-methyl/N-ethyl adjacent to an activating group) is 1. The van der Waals surface area contributed by atoms with Gasteiger partial charge in [-0.05, 0) is 45.4 Å². The van der Waals surface area contributed by atoms with Gasteiger partial charge in [0.15, 0.2) is 0 Å². The van der Waals surface area contributed by atoms with Crippen LogP contribution in [0.1, 0.15) is 25.5 Å². The standard InChI is InChI=1S/C17H26FN3OS/c1-12(19-17(22)13(2)23-4)15-11-14(18)5-6-16(15)21-9-7-20(3)8-10-21/h5-6,11-13H,7-10H2,1-4H3,(H,19,22)/t12-,13+/m1/s1. The molecule has 4 nitrogen and oxygen atoms in total. The van der Waals surface area contributed by atoms with E-state index < -0.39 is 0 Å². The summed E-state index contributed by atoms with van der Waals surface area (Å²) in [4.78, 5) is 16.7. The van der Waals surface area contributed by atoms with Gasteiger partial charge in [-0.15, -0.1) is 0 Å². The first-order chi connectivity index (χ1) is 10.9. The van der Waals surface area contributed by atoms with Crippen molar-refractivity contribution in [2.75, 3.05) is 44.4 Å². The van der Waals surface area contributed by atoms with Crippen LogP contribution in [0.4, 0.5) is 10.1 Å². The number of thioether (sulfide) groups is 1. The molecule has 1 saturated heterocycles. The Hall–Kier alpha value is -1.27. The molecule has 0 aliphatic carbocycles. The first kappa shape index (κ1) is 18.1. The summed E-state index contributed by atoms with van der Waals surface area (Å²) in [5, 5.41) is 2.89. The zero-order chi connectivity index (χ0) is 17.0. The predicted octanol–water partition coefficient (Wildman–Crippen LogP) is 2.51. The average Bonchev–Trinajstić information content (AvgIpc) is 2.54. The molecule has 6 heteroatoms. The summed E-state index contributed by atoms with van der Waals surface area (Å²) in [6.45, 7) is 7.59. The third kappa shape index (κ3) is 4.61. The molecule has 2 atom stereocenters. The molecular weight excluding hydrogens is 313 g/mol. The number of amides is 1. The lowest BCUT2D eigenvalue weighted by Crippen LogP contribution is -2.45. The van der Waals surface area contributed by atoms with Crippen LogP contribution in [0.15, 0.2) is 18.2 Å². The van der Waals surface area contributed by atoms with E-state index in [1.807, 2.05) is 26.2 Å². The van der Waals surface area contributed by atoms with Crippen molar-refractivity contribution in [3.8, 4) is 0 Å². The third-order valence-electron chi connectivity index (χ3n) is 4.38. The van der Waals surface area contributed by atoms with Crippen molar-refractivity contribution in [3.63, 3.8) is 0 Å². The van der Waals surface area contributed by atoms with Gasteiger partial charge >= 0.3 is 0 Å². The van der Waals surface area contributed by atoms with E-state index >= 15 is 0 Å². The van der Waals surface area contributed by atoms with Crippen LogP contribution in [0.5, 0.6) is 0 Å². The number of benzene rings is 1. The molecule has 0 unspecified atom stereocenters. The molecule has 0 spiro atoms. The molecule has 1 fully saturated rings. The maximum atomic E-state index is 13.8. The minimum absolute atomic E-state index is 0.0152. The van der Waals surface area contributed by atoms with Crippen LogP contribution < -0.4 is 10.2 Å². The summed E-state index contributed by atoms with van der Waals surface area (Å²) < 4.78 is 13.8. The highest BCUT2D eigenvalue weighted by Gasteiger charge is 2.22. The zero-order valence-corrected chi connectivity index (χ0v) is 15.1. The lowest BCUT2D eigenvalue weighted by atomic mass is 10.0. The second kappa shape index (κ2) is 8.02. The second-order valence-corrected chi connectivity index (χ2v) is 7.28. The van der Waals surface area contributed by atoms with Crippen LogP contribution in [0.2, 0.25) is 0 Å². The van der Waals surface area contributed by atoms with Gasteiger partial charge in [0.05, 0.1) is 11.3 Å². The van der Waals surface area contributed by atoms with Crippen molar-refractivity contribution < 1.29 is 9.18 Å². The molecule has 0 saturated carbocycles. The fraction of sp³-hybridized carbons (Fsp3) is 0.588. The SMILES string of the molecule is CS[C@@H](C)C(=O)N[C@H](C)c1cc(F)ccc1N1CCN(C)CC1. The van der Waals surface area contributed by atoms with Crippen molar-refractivity contribution in [1.29, 1.82) is 0 Å². The Balaban J connectivity index is 2.19. The number of hydrogen-bond donors (Lipinski definition) is 1. The summed E-state index contributed by atoms with van der Waals surface area (Å²) in [6.07, 6.45) is 1.91. The van der Waals surface area contributed by atoms with Crippen LogP contribution in [0, 0.1) is 5.82 Å². The van der Waals surface area contributed by atoms with Gasteiger partial charge in [0, 0.05) is 37.4 Å². The van der Waals surface area contributed by atoms with Crippen molar-refractivity contribution in [3.05, 3.63) is 29.6 Å². The number of nitrogens with zero attached hydrogens (tertiary/aromatic N) is 2. The number of piperazine rings is 1. The number of anilines is 1. The molecule has 1 aliphatic heterocycles. The molecule has 1 N–H and O–H groups in total. The first-order valence-corrected chi connectivity index (χ1v) is 9.27. The van der Waals surface area contributed by atoms with Gasteiger partial charge in [0.2, 0.25) is 5.91 Å². The first-order valence-electron chi connectivity index (χ1n) is 7.98. The highest BCUT2D eigenvalue weighted by molar-refractivity contribution is 7.99. The molecule has 1 aromatic carbocycles. The lowest BCUT2D eigenvalue weighted by molar-refractivity contribution is -0.120. The van der Waals surface area contributed by atoms with Gasteiger partial charge in [-0.2, -0.15) is 11.8 Å². The summed E-state index contributed by atoms with van der Waals surface area (Å²) in [5.74, 6) is -0.282. The van der Waals surface area contributed by atoms with Crippen molar-refractivity contribution in [1.82, 2.24) is 10.2 Å². The van der Waals surface area contributed by atoms with Crippen LogP contribution in [-0.2, 0) is 4.79 Å². The van der Waals surface area contributed by atoms with Gasteiger partial charge < -0.3 is 15.1 Å². The Kier molecular flexibility index (Phi) is 6.30. The number of halogens is 1. The van der Waals surface area contributed by atoms with E-state index in [1.165, 1.54) is 17.8 Å².